The molecule has 1 rings (SSSR count). The Balaban J connectivity index is 2.97. The van der Waals surface area contributed by atoms with E-state index in [1.54, 1.807) is 14.2 Å². The quantitative estimate of drug-likeness (QED) is 0.425. The van der Waals surface area contributed by atoms with Gasteiger partial charge in [-0.2, -0.15) is 0 Å². The molecule has 0 aromatic heterocycles. The predicted octanol–water partition coefficient (Wildman–Crippen LogP) is 1.47. The third-order valence-corrected chi connectivity index (χ3v) is 7.46. The Bertz CT molecular complexity index is 313. The molecule has 0 bridgehead atoms. The summed E-state index contributed by atoms with van der Waals surface area (Å²) in [5.41, 5.74) is -0.124. The Labute approximate surface area is 103 Å². The monoisotopic (exact) mass is 260 g/mol. The molecule has 1 fully saturated rings. The topological polar surface area (TPSA) is 61.8 Å². The zero-order chi connectivity index (χ0) is 13.2. The number of ether oxygens (including phenoxy) is 1. The molecule has 1 aliphatic heterocycles. The first-order valence-electron chi connectivity index (χ1n) is 5.77. The van der Waals surface area contributed by atoms with Crippen LogP contribution in [-0.2, 0) is 23.2 Å². The van der Waals surface area contributed by atoms with E-state index in [1.807, 2.05) is 20.4 Å². The molecule has 1 heterocycles. The number of hydrogen-bond acceptors (Lipinski definition) is 5. The first kappa shape index (κ1) is 14.3. The molecule has 0 radical (unpaired) electrons. The van der Waals surface area contributed by atoms with Gasteiger partial charge >= 0.3 is 20.5 Å². The molecule has 3 atom stereocenters. The summed E-state index contributed by atoms with van der Waals surface area (Å²) in [7, 11) is 0.709. The van der Waals surface area contributed by atoms with Crippen molar-refractivity contribution in [3.8, 4) is 0 Å². The summed E-state index contributed by atoms with van der Waals surface area (Å²) < 4.78 is 15.6. The fourth-order valence-electron chi connectivity index (χ4n) is 2.31. The van der Waals surface area contributed by atoms with Gasteiger partial charge in [0.05, 0.1) is 11.8 Å². The van der Waals surface area contributed by atoms with Gasteiger partial charge in [0, 0.05) is 19.8 Å². The van der Waals surface area contributed by atoms with Crippen molar-refractivity contribution in [2.75, 3.05) is 14.2 Å². The van der Waals surface area contributed by atoms with Crippen LogP contribution in [-0.4, -0.2) is 34.7 Å². The van der Waals surface area contributed by atoms with Crippen molar-refractivity contribution in [2.45, 2.75) is 32.4 Å². The molecule has 0 spiro atoms. The summed E-state index contributed by atoms with van der Waals surface area (Å²) in [6.45, 7) is 5.66. The van der Waals surface area contributed by atoms with Crippen LogP contribution in [0, 0.1) is 11.8 Å². The van der Waals surface area contributed by atoms with Crippen LogP contribution >= 0.6 is 0 Å². The molecule has 0 aromatic rings. The van der Waals surface area contributed by atoms with Crippen LogP contribution in [0.4, 0.5) is 0 Å². The highest BCUT2D eigenvalue weighted by atomic mass is 28.4. The van der Waals surface area contributed by atoms with Crippen LogP contribution in [0.5, 0.6) is 0 Å². The molecule has 17 heavy (non-hydrogen) atoms. The van der Waals surface area contributed by atoms with Crippen LogP contribution in [0.15, 0.2) is 0 Å². The molecule has 5 nitrogen and oxygen atoms in total. The lowest BCUT2D eigenvalue weighted by Crippen LogP contribution is -2.45. The highest BCUT2D eigenvalue weighted by Crippen LogP contribution is 2.41. The maximum atomic E-state index is 11.7. The van der Waals surface area contributed by atoms with Gasteiger partial charge < -0.3 is 13.6 Å². The summed E-state index contributed by atoms with van der Waals surface area (Å²) in [5.74, 6) is -1.67. The van der Waals surface area contributed by atoms with E-state index in [-0.39, 0.29) is 11.5 Å². The number of rotatable bonds is 5. The highest BCUT2D eigenvalue weighted by molar-refractivity contribution is 6.67. The van der Waals surface area contributed by atoms with Gasteiger partial charge in [0.1, 0.15) is 0 Å². The highest BCUT2D eigenvalue weighted by Gasteiger charge is 2.53. The predicted molar refractivity (Wildman–Crippen MR) is 63.4 cm³/mol. The minimum absolute atomic E-state index is 0.124. The molecule has 0 aliphatic carbocycles. The lowest BCUT2D eigenvalue weighted by atomic mass is 9.90. The van der Waals surface area contributed by atoms with Crippen LogP contribution < -0.4 is 0 Å². The molecule has 0 saturated carbocycles. The van der Waals surface area contributed by atoms with Gasteiger partial charge in [-0.3, -0.25) is 9.59 Å². The maximum absolute atomic E-state index is 11.7. The van der Waals surface area contributed by atoms with Crippen LogP contribution in [0.25, 0.3) is 0 Å². The van der Waals surface area contributed by atoms with Gasteiger partial charge in [0.2, 0.25) is 0 Å². The number of hydrogen-bond donors (Lipinski definition) is 0. The normalized spacial score (nSPS) is 27.1. The van der Waals surface area contributed by atoms with Crippen molar-refractivity contribution in [3.05, 3.63) is 0 Å². The molecule has 0 amide bonds. The van der Waals surface area contributed by atoms with Gasteiger partial charge in [-0.05, 0) is 13.0 Å². The first-order chi connectivity index (χ1) is 7.91. The molecule has 6 heteroatoms. The fourth-order valence-corrected chi connectivity index (χ4v) is 4.24. The van der Waals surface area contributed by atoms with E-state index in [9.17, 15) is 9.59 Å². The average molecular weight is 260 g/mol. The molecule has 0 aromatic carbocycles. The lowest BCUT2D eigenvalue weighted by Gasteiger charge is -2.32. The number of esters is 2. The third-order valence-electron chi connectivity index (χ3n) is 3.83. The Morgan fingerprint density at radius 3 is 2.24 bits per heavy atom. The van der Waals surface area contributed by atoms with E-state index in [4.69, 9.17) is 13.6 Å². The Hall–Kier alpha value is -0.723. The minimum Gasteiger partial charge on any atom is -0.398 e. The second-order valence-electron chi connectivity index (χ2n) is 4.49. The summed E-state index contributed by atoms with van der Waals surface area (Å²) in [6.07, 6.45) is 0.595. The van der Waals surface area contributed by atoms with Crippen molar-refractivity contribution < 1.29 is 23.2 Å². The standard InChI is InChI=1S/C11H20O5Si/c1-6-8-9(11(13)16-10(8)12)7(2)17(5,14-3)15-4/h7-9H,6H2,1-5H3. The Kier molecular flexibility index (Phi) is 4.46. The van der Waals surface area contributed by atoms with Gasteiger partial charge in [-0.15, -0.1) is 0 Å². The SMILES string of the molecule is CCC1C(=O)OC(=O)C1C(C)[Si](C)(OC)OC. The van der Waals surface area contributed by atoms with E-state index in [0.29, 0.717) is 6.42 Å². The average Bonchev–Trinajstić information content (AvgIpc) is 2.61. The summed E-state index contributed by atoms with van der Waals surface area (Å²) in [4.78, 5) is 23.3. The smallest absolute Gasteiger partial charge is 0.338 e. The van der Waals surface area contributed by atoms with Gasteiger partial charge in [0.25, 0.3) is 0 Å². The number of carbonyl (C=O) groups excluding carboxylic acids is 2. The minimum atomic E-state index is -2.45. The largest absolute Gasteiger partial charge is 0.398 e. The second-order valence-corrected chi connectivity index (χ2v) is 8.25. The zero-order valence-corrected chi connectivity index (χ0v) is 12.0. The van der Waals surface area contributed by atoms with Crippen molar-refractivity contribution in [1.82, 2.24) is 0 Å². The number of carbonyl (C=O) groups is 2. The first-order valence-corrected chi connectivity index (χ1v) is 8.16. The maximum Gasteiger partial charge on any atom is 0.338 e. The van der Waals surface area contributed by atoms with Crippen molar-refractivity contribution in [3.63, 3.8) is 0 Å². The van der Waals surface area contributed by atoms with Crippen molar-refractivity contribution in [2.24, 2.45) is 11.8 Å². The van der Waals surface area contributed by atoms with E-state index >= 15 is 0 Å². The molecule has 0 N–H and O–H groups in total. The number of cyclic esters (lactones) is 2. The van der Waals surface area contributed by atoms with E-state index < -0.39 is 26.4 Å². The van der Waals surface area contributed by atoms with E-state index in [0.717, 1.165) is 0 Å². The zero-order valence-electron chi connectivity index (χ0n) is 11.0. The van der Waals surface area contributed by atoms with Crippen molar-refractivity contribution in [1.29, 1.82) is 0 Å². The van der Waals surface area contributed by atoms with Gasteiger partial charge in [0.15, 0.2) is 0 Å². The fraction of sp³-hybridized carbons (Fsp3) is 0.818. The lowest BCUT2D eigenvalue weighted by molar-refractivity contribution is -0.153. The molecule has 1 saturated heterocycles. The molecule has 1 aliphatic rings. The molecule has 98 valence electrons. The van der Waals surface area contributed by atoms with Crippen LogP contribution in [0.1, 0.15) is 20.3 Å². The van der Waals surface area contributed by atoms with Crippen LogP contribution in [0.3, 0.4) is 0 Å². The van der Waals surface area contributed by atoms with Gasteiger partial charge in [-0.25, -0.2) is 0 Å². The molecular formula is C11H20O5Si. The second kappa shape index (κ2) is 5.28. The summed E-state index contributed by atoms with van der Waals surface area (Å²) in [5, 5.41) is 0. The van der Waals surface area contributed by atoms with E-state index in [1.165, 1.54) is 0 Å². The van der Waals surface area contributed by atoms with Crippen LogP contribution in [0.2, 0.25) is 12.1 Å². The van der Waals surface area contributed by atoms with E-state index in [2.05, 4.69) is 0 Å². The third kappa shape index (κ3) is 2.43. The van der Waals surface area contributed by atoms with Gasteiger partial charge in [-0.1, -0.05) is 13.8 Å². The molecule has 3 unspecified atom stereocenters. The Morgan fingerprint density at radius 1 is 1.29 bits per heavy atom. The summed E-state index contributed by atoms with van der Waals surface area (Å²) >= 11 is 0. The Morgan fingerprint density at radius 2 is 1.82 bits per heavy atom. The summed E-state index contributed by atoms with van der Waals surface area (Å²) in [6, 6.07) is 0. The molecular weight excluding hydrogens is 240 g/mol. The van der Waals surface area contributed by atoms with Crippen molar-refractivity contribution >= 4 is 20.5 Å².